The summed E-state index contributed by atoms with van der Waals surface area (Å²) in [5.41, 5.74) is 0.163. The van der Waals surface area contributed by atoms with Crippen LogP contribution in [0.5, 0.6) is 0 Å². The van der Waals surface area contributed by atoms with Crippen molar-refractivity contribution >= 4 is 10.0 Å². The van der Waals surface area contributed by atoms with E-state index in [2.05, 4.69) is 23.9 Å². The molecule has 2 atom stereocenters. The molecule has 2 fully saturated rings. The van der Waals surface area contributed by atoms with Gasteiger partial charge in [0.2, 0.25) is 10.0 Å². The maximum absolute atomic E-state index is 11.9. The number of sulfonamides is 1. The molecule has 0 spiro atoms. The van der Waals surface area contributed by atoms with Crippen LogP contribution in [0.2, 0.25) is 0 Å². The maximum atomic E-state index is 11.9. The van der Waals surface area contributed by atoms with Gasteiger partial charge in [0.15, 0.2) is 0 Å². The maximum Gasteiger partial charge on any atom is 0.211 e. The van der Waals surface area contributed by atoms with Crippen molar-refractivity contribution in [1.29, 1.82) is 0 Å². The van der Waals surface area contributed by atoms with E-state index in [1.807, 2.05) is 0 Å². The first-order chi connectivity index (χ1) is 7.89. The van der Waals surface area contributed by atoms with Gasteiger partial charge in [0.25, 0.3) is 0 Å². The van der Waals surface area contributed by atoms with Gasteiger partial charge >= 0.3 is 0 Å². The average Bonchev–Trinajstić information content (AvgIpc) is 2.84. The Bertz CT molecular complexity index is 359. The predicted molar refractivity (Wildman–Crippen MR) is 69.4 cm³/mol. The third-order valence-corrected chi connectivity index (χ3v) is 5.40. The Hall–Kier alpha value is -0.130. The summed E-state index contributed by atoms with van der Waals surface area (Å²) in [6, 6.07) is 0.555. The lowest BCUT2D eigenvalue weighted by molar-refractivity contribution is 0.392. The molecule has 0 aromatic carbocycles. The highest BCUT2D eigenvalue weighted by Crippen LogP contribution is 2.44. The molecular weight excluding hydrogens is 236 g/mol. The molecule has 0 radical (unpaired) electrons. The third kappa shape index (κ3) is 3.93. The summed E-state index contributed by atoms with van der Waals surface area (Å²) < 4.78 is 26.5. The molecule has 2 N–H and O–H groups in total. The molecular formula is C12H24N2O2S. The van der Waals surface area contributed by atoms with Crippen molar-refractivity contribution in [2.45, 2.75) is 58.0 Å². The van der Waals surface area contributed by atoms with Gasteiger partial charge in [-0.3, -0.25) is 0 Å². The number of piperidine rings is 1. The van der Waals surface area contributed by atoms with Crippen LogP contribution in [-0.4, -0.2) is 32.8 Å². The summed E-state index contributed by atoms with van der Waals surface area (Å²) >= 11 is 0. The van der Waals surface area contributed by atoms with Crippen LogP contribution in [0.3, 0.4) is 0 Å². The van der Waals surface area contributed by atoms with Gasteiger partial charge in [-0.15, -0.1) is 0 Å². The van der Waals surface area contributed by atoms with E-state index in [-0.39, 0.29) is 17.2 Å². The molecule has 1 saturated heterocycles. The van der Waals surface area contributed by atoms with Crippen molar-refractivity contribution in [2.24, 2.45) is 5.41 Å². The van der Waals surface area contributed by atoms with Gasteiger partial charge in [0.05, 0.1) is 5.75 Å². The zero-order chi connectivity index (χ0) is 12.5. The van der Waals surface area contributed by atoms with E-state index in [4.69, 9.17) is 0 Å². The Morgan fingerprint density at radius 2 is 2.06 bits per heavy atom. The van der Waals surface area contributed by atoms with Crippen molar-refractivity contribution in [3.8, 4) is 0 Å². The molecule has 17 heavy (non-hydrogen) atoms. The Morgan fingerprint density at radius 3 is 2.59 bits per heavy atom. The molecule has 2 aliphatic rings. The Labute approximate surface area is 105 Å². The highest BCUT2D eigenvalue weighted by molar-refractivity contribution is 7.89. The lowest BCUT2D eigenvalue weighted by Gasteiger charge is -2.23. The topological polar surface area (TPSA) is 58.2 Å². The first-order valence-electron chi connectivity index (χ1n) is 6.62. The second-order valence-corrected chi connectivity index (χ2v) is 7.99. The summed E-state index contributed by atoms with van der Waals surface area (Å²) in [6.07, 6.45) is 5.26. The van der Waals surface area contributed by atoms with Gasteiger partial charge in [-0.25, -0.2) is 13.1 Å². The molecule has 1 aliphatic heterocycles. The Balaban J connectivity index is 1.73. The first-order valence-corrected chi connectivity index (χ1v) is 8.28. The van der Waals surface area contributed by atoms with Gasteiger partial charge in [0, 0.05) is 12.1 Å². The third-order valence-electron chi connectivity index (χ3n) is 3.98. The number of rotatable bonds is 5. The van der Waals surface area contributed by atoms with E-state index >= 15 is 0 Å². The van der Waals surface area contributed by atoms with Crippen LogP contribution in [0.15, 0.2) is 0 Å². The lowest BCUT2D eigenvalue weighted by Crippen LogP contribution is -2.38. The molecule has 0 amide bonds. The van der Waals surface area contributed by atoms with E-state index in [1.54, 1.807) is 0 Å². The molecule has 5 heteroatoms. The molecule has 0 aromatic rings. The molecule has 2 rings (SSSR count). The normalized spacial score (nSPS) is 32.4. The van der Waals surface area contributed by atoms with Crippen LogP contribution in [0.4, 0.5) is 0 Å². The van der Waals surface area contributed by atoms with Crippen molar-refractivity contribution in [1.82, 2.24) is 10.0 Å². The fourth-order valence-electron chi connectivity index (χ4n) is 2.41. The van der Waals surface area contributed by atoms with Gasteiger partial charge in [-0.2, -0.15) is 0 Å². The van der Waals surface area contributed by atoms with E-state index in [1.165, 1.54) is 12.8 Å². The van der Waals surface area contributed by atoms with E-state index in [0.29, 0.717) is 6.04 Å². The van der Waals surface area contributed by atoms with E-state index in [0.717, 1.165) is 25.8 Å². The van der Waals surface area contributed by atoms with Crippen molar-refractivity contribution < 1.29 is 8.42 Å². The lowest BCUT2D eigenvalue weighted by atomic mass is 10.0. The number of hydrogen-bond donors (Lipinski definition) is 2. The van der Waals surface area contributed by atoms with Crippen LogP contribution >= 0.6 is 0 Å². The van der Waals surface area contributed by atoms with Crippen LogP contribution in [0.25, 0.3) is 0 Å². The fraction of sp³-hybridized carbons (Fsp3) is 1.00. The molecule has 1 heterocycles. The molecule has 100 valence electrons. The Kier molecular flexibility index (Phi) is 3.80. The molecule has 4 nitrogen and oxygen atoms in total. The average molecular weight is 260 g/mol. The standard InChI is InChI=1S/C12H24N2O2S/c1-12(2)9-11(12)14-17(15,16)8-6-10-5-3-4-7-13-10/h10-11,13-14H,3-9H2,1-2H3. The quantitative estimate of drug-likeness (QED) is 0.782. The van der Waals surface area contributed by atoms with Crippen molar-refractivity contribution in [3.63, 3.8) is 0 Å². The number of hydrogen-bond acceptors (Lipinski definition) is 3. The monoisotopic (exact) mass is 260 g/mol. The van der Waals surface area contributed by atoms with Crippen molar-refractivity contribution in [2.75, 3.05) is 12.3 Å². The zero-order valence-corrected chi connectivity index (χ0v) is 11.6. The molecule has 0 aromatic heterocycles. The minimum atomic E-state index is -3.08. The summed E-state index contributed by atoms with van der Waals surface area (Å²) in [5.74, 6) is 0.261. The predicted octanol–water partition coefficient (Wildman–Crippen LogP) is 1.24. The second-order valence-electron chi connectivity index (χ2n) is 6.12. The summed E-state index contributed by atoms with van der Waals surface area (Å²) in [5, 5.41) is 3.38. The SMILES string of the molecule is CC1(C)CC1NS(=O)(=O)CCC1CCCCN1. The number of nitrogens with one attached hydrogen (secondary N) is 2. The Morgan fingerprint density at radius 1 is 1.35 bits per heavy atom. The molecule has 1 saturated carbocycles. The van der Waals surface area contributed by atoms with E-state index in [9.17, 15) is 8.42 Å². The van der Waals surface area contributed by atoms with Crippen LogP contribution < -0.4 is 10.0 Å². The fourth-order valence-corrected chi connectivity index (χ4v) is 3.96. The van der Waals surface area contributed by atoms with Gasteiger partial charge < -0.3 is 5.32 Å². The smallest absolute Gasteiger partial charge is 0.211 e. The minimum absolute atomic E-state index is 0.159. The summed E-state index contributed by atoms with van der Waals surface area (Å²) in [6.45, 7) is 5.24. The zero-order valence-electron chi connectivity index (χ0n) is 10.8. The van der Waals surface area contributed by atoms with E-state index < -0.39 is 10.0 Å². The summed E-state index contributed by atoms with van der Waals surface area (Å²) in [4.78, 5) is 0. The van der Waals surface area contributed by atoms with Gasteiger partial charge in [-0.05, 0) is 37.6 Å². The first kappa shape index (κ1) is 13.3. The van der Waals surface area contributed by atoms with Crippen LogP contribution in [0.1, 0.15) is 46.0 Å². The summed E-state index contributed by atoms with van der Waals surface area (Å²) in [7, 11) is -3.08. The van der Waals surface area contributed by atoms with Crippen LogP contribution in [0, 0.1) is 5.41 Å². The minimum Gasteiger partial charge on any atom is -0.314 e. The van der Waals surface area contributed by atoms with Gasteiger partial charge in [0.1, 0.15) is 0 Å². The van der Waals surface area contributed by atoms with Crippen LogP contribution in [-0.2, 0) is 10.0 Å². The molecule has 2 unspecified atom stereocenters. The highest BCUT2D eigenvalue weighted by Gasteiger charge is 2.47. The molecule has 0 bridgehead atoms. The van der Waals surface area contributed by atoms with Gasteiger partial charge in [-0.1, -0.05) is 20.3 Å². The highest BCUT2D eigenvalue weighted by atomic mass is 32.2. The van der Waals surface area contributed by atoms with Crippen molar-refractivity contribution in [3.05, 3.63) is 0 Å². The molecule has 1 aliphatic carbocycles. The second kappa shape index (κ2) is 4.86. The largest absolute Gasteiger partial charge is 0.314 e.